The van der Waals surface area contributed by atoms with E-state index in [-0.39, 0.29) is 6.54 Å². The molecule has 0 saturated carbocycles. The van der Waals surface area contributed by atoms with Gasteiger partial charge in [0.1, 0.15) is 12.3 Å². The number of aliphatic carboxylic acids is 1. The molecule has 0 aliphatic heterocycles. The van der Waals surface area contributed by atoms with Crippen molar-refractivity contribution in [3.8, 4) is 5.75 Å². The number of aryl methyl sites for hydroxylation is 2. The number of carbonyl (C=O) groups excluding carboxylic acids is 1. The Kier molecular flexibility index (Phi) is 4.31. The van der Waals surface area contributed by atoms with Gasteiger partial charge in [-0.2, -0.15) is 0 Å². The standard InChI is InChI=1S/C13H17NO4/c1-8-5-6-9(2)12(10(8)3)18-13(17)14(4)7-11(15)16/h5-6H,7H2,1-4H3,(H,15,16). The number of carboxylic acid groups (broad SMARTS) is 1. The largest absolute Gasteiger partial charge is 0.480 e. The third-order valence-corrected chi connectivity index (χ3v) is 2.75. The quantitative estimate of drug-likeness (QED) is 0.893. The van der Waals surface area contributed by atoms with Crippen LogP contribution in [-0.4, -0.2) is 35.7 Å². The first kappa shape index (κ1) is 14.0. The van der Waals surface area contributed by atoms with Gasteiger partial charge < -0.3 is 9.84 Å². The molecule has 0 atom stereocenters. The Bertz CT molecular complexity index is 482. The Morgan fingerprint density at radius 1 is 1.22 bits per heavy atom. The zero-order valence-electron chi connectivity index (χ0n) is 11.0. The fourth-order valence-corrected chi connectivity index (χ4v) is 1.52. The van der Waals surface area contributed by atoms with Crippen LogP contribution >= 0.6 is 0 Å². The van der Waals surface area contributed by atoms with E-state index in [9.17, 15) is 9.59 Å². The van der Waals surface area contributed by atoms with E-state index in [1.807, 2.05) is 32.9 Å². The topological polar surface area (TPSA) is 66.8 Å². The minimum absolute atomic E-state index is 0.386. The summed E-state index contributed by atoms with van der Waals surface area (Å²) in [6, 6.07) is 3.81. The molecule has 0 radical (unpaired) electrons. The molecule has 0 aliphatic rings. The number of hydrogen-bond donors (Lipinski definition) is 1. The Labute approximate surface area is 106 Å². The fourth-order valence-electron chi connectivity index (χ4n) is 1.52. The molecule has 1 aromatic carbocycles. The van der Waals surface area contributed by atoms with Gasteiger partial charge in [0.05, 0.1) is 0 Å². The van der Waals surface area contributed by atoms with Crippen LogP contribution in [0.5, 0.6) is 5.75 Å². The summed E-state index contributed by atoms with van der Waals surface area (Å²) in [4.78, 5) is 23.2. The molecule has 5 heteroatoms. The molecule has 0 fully saturated rings. The zero-order valence-corrected chi connectivity index (χ0v) is 11.0. The molecule has 0 aliphatic carbocycles. The van der Waals surface area contributed by atoms with Gasteiger partial charge in [-0.1, -0.05) is 12.1 Å². The number of carbonyl (C=O) groups is 2. The third-order valence-electron chi connectivity index (χ3n) is 2.75. The highest BCUT2D eigenvalue weighted by atomic mass is 16.6. The van der Waals surface area contributed by atoms with Crippen LogP contribution in [0, 0.1) is 20.8 Å². The molecular weight excluding hydrogens is 234 g/mol. The SMILES string of the molecule is Cc1ccc(C)c(OC(=O)N(C)CC(=O)O)c1C. The monoisotopic (exact) mass is 251 g/mol. The number of likely N-dealkylation sites (N-methyl/N-ethyl adjacent to an activating group) is 1. The van der Waals surface area contributed by atoms with Gasteiger partial charge in [-0.05, 0) is 37.5 Å². The molecule has 1 rings (SSSR count). The lowest BCUT2D eigenvalue weighted by Gasteiger charge is -2.17. The van der Waals surface area contributed by atoms with E-state index >= 15 is 0 Å². The van der Waals surface area contributed by atoms with E-state index in [0.29, 0.717) is 5.75 Å². The van der Waals surface area contributed by atoms with E-state index in [1.54, 1.807) is 0 Å². The predicted molar refractivity (Wildman–Crippen MR) is 66.9 cm³/mol. The van der Waals surface area contributed by atoms with Crippen LogP contribution in [0.25, 0.3) is 0 Å². The number of benzene rings is 1. The minimum Gasteiger partial charge on any atom is -0.480 e. The van der Waals surface area contributed by atoms with Crippen molar-refractivity contribution in [2.75, 3.05) is 13.6 Å². The van der Waals surface area contributed by atoms with Crippen molar-refractivity contribution < 1.29 is 19.4 Å². The second-order valence-corrected chi connectivity index (χ2v) is 4.27. The minimum atomic E-state index is -1.08. The van der Waals surface area contributed by atoms with Crippen LogP contribution in [0.1, 0.15) is 16.7 Å². The molecule has 0 aromatic heterocycles. The molecule has 0 heterocycles. The van der Waals surface area contributed by atoms with Crippen LogP contribution in [0.2, 0.25) is 0 Å². The smallest absolute Gasteiger partial charge is 0.415 e. The van der Waals surface area contributed by atoms with Crippen molar-refractivity contribution in [1.82, 2.24) is 4.90 Å². The van der Waals surface area contributed by atoms with E-state index in [0.717, 1.165) is 21.6 Å². The molecular formula is C13H17NO4. The summed E-state index contributed by atoms with van der Waals surface area (Å²) in [5.41, 5.74) is 2.74. The lowest BCUT2D eigenvalue weighted by molar-refractivity contribution is -0.137. The van der Waals surface area contributed by atoms with Gasteiger partial charge in [0.2, 0.25) is 0 Å². The van der Waals surface area contributed by atoms with Crippen LogP contribution < -0.4 is 4.74 Å². The number of amides is 1. The fraction of sp³-hybridized carbons (Fsp3) is 0.385. The van der Waals surface area contributed by atoms with E-state index in [4.69, 9.17) is 9.84 Å². The predicted octanol–water partition coefficient (Wildman–Crippen LogP) is 2.13. The van der Waals surface area contributed by atoms with E-state index in [2.05, 4.69) is 0 Å². The first-order valence-electron chi connectivity index (χ1n) is 5.54. The van der Waals surface area contributed by atoms with Gasteiger partial charge in [-0.25, -0.2) is 4.79 Å². The van der Waals surface area contributed by atoms with Gasteiger partial charge in [-0.15, -0.1) is 0 Å². The highest BCUT2D eigenvalue weighted by molar-refractivity contribution is 5.78. The molecule has 1 aromatic rings. The van der Waals surface area contributed by atoms with Gasteiger partial charge in [0, 0.05) is 7.05 Å². The summed E-state index contributed by atoms with van der Waals surface area (Å²) in [5.74, 6) is -0.579. The maximum atomic E-state index is 11.7. The molecule has 5 nitrogen and oxygen atoms in total. The second-order valence-electron chi connectivity index (χ2n) is 4.27. The van der Waals surface area contributed by atoms with Crippen molar-refractivity contribution in [1.29, 1.82) is 0 Å². The molecule has 0 saturated heterocycles. The summed E-state index contributed by atoms with van der Waals surface area (Å²) in [7, 11) is 1.39. The Morgan fingerprint density at radius 2 is 1.78 bits per heavy atom. The average molecular weight is 251 g/mol. The average Bonchev–Trinajstić information content (AvgIpc) is 2.28. The zero-order chi connectivity index (χ0) is 13.9. The van der Waals surface area contributed by atoms with Crippen molar-refractivity contribution in [2.24, 2.45) is 0 Å². The van der Waals surface area contributed by atoms with Crippen molar-refractivity contribution in [2.45, 2.75) is 20.8 Å². The third kappa shape index (κ3) is 3.23. The number of hydrogen-bond acceptors (Lipinski definition) is 3. The van der Waals surface area contributed by atoms with Crippen molar-refractivity contribution in [3.05, 3.63) is 28.8 Å². The summed E-state index contributed by atoms with van der Waals surface area (Å²) in [6.45, 7) is 5.24. The van der Waals surface area contributed by atoms with Crippen LogP contribution in [-0.2, 0) is 4.79 Å². The van der Waals surface area contributed by atoms with Gasteiger partial charge in [0.25, 0.3) is 0 Å². The van der Waals surface area contributed by atoms with Crippen LogP contribution in [0.3, 0.4) is 0 Å². The maximum absolute atomic E-state index is 11.7. The van der Waals surface area contributed by atoms with Crippen molar-refractivity contribution >= 4 is 12.1 Å². The summed E-state index contributed by atoms with van der Waals surface area (Å²) >= 11 is 0. The Morgan fingerprint density at radius 3 is 2.33 bits per heavy atom. The lowest BCUT2D eigenvalue weighted by Crippen LogP contribution is -2.34. The lowest BCUT2D eigenvalue weighted by atomic mass is 10.1. The normalized spacial score (nSPS) is 10.0. The van der Waals surface area contributed by atoms with Gasteiger partial charge in [-0.3, -0.25) is 9.69 Å². The number of rotatable bonds is 3. The van der Waals surface area contributed by atoms with E-state index < -0.39 is 12.1 Å². The molecule has 0 bridgehead atoms. The Balaban J connectivity index is 2.88. The molecule has 0 unspecified atom stereocenters. The first-order valence-corrected chi connectivity index (χ1v) is 5.54. The number of nitrogens with zero attached hydrogens (tertiary/aromatic N) is 1. The van der Waals surface area contributed by atoms with Crippen LogP contribution in [0.4, 0.5) is 4.79 Å². The van der Waals surface area contributed by atoms with Crippen molar-refractivity contribution in [3.63, 3.8) is 0 Å². The molecule has 1 N–H and O–H groups in total. The summed E-state index contributed by atoms with van der Waals surface area (Å²) in [6.07, 6.45) is -0.672. The highest BCUT2D eigenvalue weighted by Gasteiger charge is 2.17. The van der Waals surface area contributed by atoms with Gasteiger partial charge in [0.15, 0.2) is 0 Å². The number of ether oxygens (including phenoxy) is 1. The van der Waals surface area contributed by atoms with E-state index in [1.165, 1.54) is 7.05 Å². The summed E-state index contributed by atoms with van der Waals surface area (Å²) < 4.78 is 5.24. The van der Waals surface area contributed by atoms with Gasteiger partial charge >= 0.3 is 12.1 Å². The maximum Gasteiger partial charge on any atom is 0.415 e. The molecule has 98 valence electrons. The number of carboxylic acids is 1. The highest BCUT2D eigenvalue weighted by Crippen LogP contribution is 2.26. The molecule has 18 heavy (non-hydrogen) atoms. The molecule has 0 spiro atoms. The molecule has 1 amide bonds. The first-order chi connectivity index (χ1) is 8.32. The summed E-state index contributed by atoms with van der Waals surface area (Å²) in [5, 5.41) is 8.60. The van der Waals surface area contributed by atoms with Crippen LogP contribution in [0.15, 0.2) is 12.1 Å². The second kappa shape index (κ2) is 5.53. The Hall–Kier alpha value is -2.04.